The molecule has 0 unspecified atom stereocenters. The van der Waals surface area contributed by atoms with E-state index in [9.17, 15) is 4.79 Å². The lowest BCUT2D eigenvalue weighted by Crippen LogP contribution is -2.18. The van der Waals surface area contributed by atoms with Crippen LogP contribution in [-0.4, -0.2) is 17.5 Å². The van der Waals surface area contributed by atoms with E-state index >= 15 is 0 Å². The van der Waals surface area contributed by atoms with Crippen LogP contribution in [0.25, 0.3) is 0 Å². The monoisotopic (exact) mass is 114 g/mol. The normalized spacial score (nSPS) is 44.1. The first kappa shape index (κ1) is 5.76. The van der Waals surface area contributed by atoms with Gasteiger partial charge < -0.3 is 4.74 Å². The first-order valence-electron chi connectivity index (χ1n) is 2.76. The maximum atomic E-state index is 10.6. The van der Waals surface area contributed by atoms with Gasteiger partial charge in [0.1, 0.15) is 5.60 Å². The molecule has 1 rings (SSSR count). The van der Waals surface area contributed by atoms with Gasteiger partial charge in [-0.15, -0.1) is 0 Å². The molecule has 1 heterocycles. The molecular weight excluding hydrogens is 104 g/mol. The fraction of sp³-hybridized carbons (Fsp3) is 0.833. The number of carbonyl (C=O) groups excluding carboxylic acids is 1. The Morgan fingerprint density at radius 2 is 2.12 bits per heavy atom. The summed E-state index contributed by atoms with van der Waals surface area (Å²) in [5.41, 5.74) is -0.431. The first-order chi connectivity index (χ1) is 3.57. The van der Waals surface area contributed by atoms with Gasteiger partial charge in [-0.2, -0.15) is 0 Å². The molecule has 0 aliphatic carbocycles. The second-order valence-corrected chi connectivity index (χ2v) is 2.42. The number of rotatable bonds is 1. The number of hydrogen-bond acceptors (Lipinski definition) is 2. The van der Waals surface area contributed by atoms with Gasteiger partial charge in [-0.3, -0.25) is 4.79 Å². The Morgan fingerprint density at radius 3 is 2.12 bits per heavy atom. The fourth-order valence-corrected chi connectivity index (χ4v) is 0.702. The number of epoxide rings is 1. The van der Waals surface area contributed by atoms with Crippen molar-refractivity contribution in [3.05, 3.63) is 0 Å². The van der Waals surface area contributed by atoms with Gasteiger partial charge in [0.2, 0.25) is 0 Å². The molecule has 1 saturated heterocycles. The molecule has 0 bridgehead atoms. The molecule has 0 aromatic rings. The van der Waals surface area contributed by atoms with Crippen LogP contribution in [0.3, 0.4) is 0 Å². The molecule has 1 aliphatic rings. The quantitative estimate of drug-likeness (QED) is 0.471. The van der Waals surface area contributed by atoms with Crippen molar-refractivity contribution < 1.29 is 9.53 Å². The van der Waals surface area contributed by atoms with E-state index in [1.165, 1.54) is 0 Å². The fourth-order valence-electron chi connectivity index (χ4n) is 0.702. The summed E-state index contributed by atoms with van der Waals surface area (Å²) in [6.45, 7) is 5.28. The van der Waals surface area contributed by atoms with Gasteiger partial charge in [0.25, 0.3) is 0 Å². The van der Waals surface area contributed by atoms with Gasteiger partial charge in [-0.05, 0) is 20.8 Å². The van der Waals surface area contributed by atoms with Crippen LogP contribution in [0, 0.1) is 0 Å². The average molecular weight is 114 g/mol. The highest BCUT2D eigenvalue weighted by molar-refractivity contribution is 5.87. The molecule has 8 heavy (non-hydrogen) atoms. The number of Topliss-reactive ketones (excluding diaryl/α,β-unsaturated/α-hetero) is 1. The van der Waals surface area contributed by atoms with Crippen molar-refractivity contribution in [1.82, 2.24) is 0 Å². The van der Waals surface area contributed by atoms with Crippen molar-refractivity contribution in [2.24, 2.45) is 0 Å². The number of ether oxygens (including phenoxy) is 1. The Balaban J connectivity index is 2.60. The van der Waals surface area contributed by atoms with E-state index in [1.54, 1.807) is 6.92 Å². The van der Waals surface area contributed by atoms with Crippen molar-refractivity contribution in [3.63, 3.8) is 0 Å². The van der Waals surface area contributed by atoms with Gasteiger partial charge in [-0.25, -0.2) is 0 Å². The van der Waals surface area contributed by atoms with Crippen LogP contribution in [0.5, 0.6) is 0 Å². The zero-order chi connectivity index (χ0) is 6.36. The van der Waals surface area contributed by atoms with Crippen LogP contribution in [0.4, 0.5) is 0 Å². The van der Waals surface area contributed by atoms with Crippen LogP contribution >= 0.6 is 0 Å². The van der Waals surface area contributed by atoms with Crippen molar-refractivity contribution in [3.8, 4) is 0 Å². The summed E-state index contributed by atoms with van der Waals surface area (Å²) in [5, 5.41) is 0. The Labute approximate surface area is 48.8 Å². The molecule has 2 atom stereocenters. The molecule has 0 spiro atoms. The van der Waals surface area contributed by atoms with Crippen LogP contribution < -0.4 is 0 Å². The van der Waals surface area contributed by atoms with Crippen LogP contribution in [0.2, 0.25) is 0 Å². The lowest BCUT2D eigenvalue weighted by atomic mass is 10.1. The summed E-state index contributed by atoms with van der Waals surface area (Å²) in [7, 11) is 0. The zero-order valence-corrected chi connectivity index (χ0v) is 5.39. The third kappa shape index (κ3) is 0.564. The topological polar surface area (TPSA) is 29.6 Å². The van der Waals surface area contributed by atoms with Crippen molar-refractivity contribution in [2.75, 3.05) is 0 Å². The maximum Gasteiger partial charge on any atom is 0.163 e. The number of ketones is 1. The van der Waals surface area contributed by atoms with Gasteiger partial charge in [0.15, 0.2) is 5.78 Å². The number of hydrogen-bond donors (Lipinski definition) is 0. The van der Waals surface area contributed by atoms with Crippen LogP contribution in [-0.2, 0) is 9.53 Å². The SMILES string of the molecule is CC(=O)[C@]1(C)O[C@@H]1C. The zero-order valence-electron chi connectivity index (χ0n) is 5.39. The molecule has 0 saturated carbocycles. The highest BCUT2D eigenvalue weighted by atomic mass is 16.6. The van der Waals surface area contributed by atoms with Crippen molar-refractivity contribution in [1.29, 1.82) is 0 Å². The predicted molar refractivity (Wildman–Crippen MR) is 29.6 cm³/mol. The molecule has 0 aromatic heterocycles. The summed E-state index contributed by atoms with van der Waals surface area (Å²) in [4.78, 5) is 10.6. The number of carbonyl (C=O) groups is 1. The maximum absolute atomic E-state index is 10.6. The molecular formula is C6H10O2. The van der Waals surface area contributed by atoms with E-state index in [-0.39, 0.29) is 11.9 Å². The minimum absolute atomic E-state index is 0.130. The highest BCUT2D eigenvalue weighted by Crippen LogP contribution is 2.35. The van der Waals surface area contributed by atoms with E-state index in [2.05, 4.69) is 0 Å². The summed E-state index contributed by atoms with van der Waals surface area (Å²) < 4.78 is 5.02. The van der Waals surface area contributed by atoms with Crippen LogP contribution in [0.15, 0.2) is 0 Å². The van der Waals surface area contributed by atoms with E-state index in [0.717, 1.165) is 0 Å². The van der Waals surface area contributed by atoms with Crippen molar-refractivity contribution >= 4 is 5.78 Å². The molecule has 0 radical (unpaired) electrons. The first-order valence-corrected chi connectivity index (χ1v) is 2.76. The van der Waals surface area contributed by atoms with E-state index in [1.807, 2.05) is 13.8 Å². The molecule has 1 aliphatic heterocycles. The highest BCUT2D eigenvalue weighted by Gasteiger charge is 2.52. The van der Waals surface area contributed by atoms with Gasteiger partial charge >= 0.3 is 0 Å². The molecule has 2 nitrogen and oxygen atoms in total. The van der Waals surface area contributed by atoms with Gasteiger partial charge in [0, 0.05) is 0 Å². The van der Waals surface area contributed by atoms with Gasteiger partial charge in [0.05, 0.1) is 6.10 Å². The van der Waals surface area contributed by atoms with Crippen LogP contribution in [0.1, 0.15) is 20.8 Å². The average Bonchev–Trinajstić information content (AvgIpc) is 2.17. The predicted octanol–water partition coefficient (Wildman–Crippen LogP) is 0.753. The lowest BCUT2D eigenvalue weighted by molar-refractivity contribution is -0.121. The molecule has 46 valence electrons. The third-order valence-corrected chi connectivity index (χ3v) is 1.84. The minimum Gasteiger partial charge on any atom is -0.358 e. The molecule has 2 heteroatoms. The Hall–Kier alpha value is -0.370. The summed E-state index contributed by atoms with van der Waals surface area (Å²) >= 11 is 0. The molecule has 1 fully saturated rings. The molecule has 0 aromatic carbocycles. The van der Waals surface area contributed by atoms with Gasteiger partial charge in [-0.1, -0.05) is 0 Å². The van der Waals surface area contributed by atoms with E-state index in [4.69, 9.17) is 4.74 Å². The third-order valence-electron chi connectivity index (χ3n) is 1.84. The smallest absolute Gasteiger partial charge is 0.163 e. The standard InChI is InChI=1S/C6H10O2/c1-4(7)6(3)5(2)8-6/h5H,1-3H3/t5-,6+/m1/s1. The Kier molecular flexibility index (Phi) is 0.949. The minimum atomic E-state index is -0.431. The van der Waals surface area contributed by atoms with E-state index in [0.29, 0.717) is 0 Å². The van der Waals surface area contributed by atoms with E-state index < -0.39 is 5.60 Å². The molecule has 0 N–H and O–H groups in total. The largest absolute Gasteiger partial charge is 0.358 e. The Morgan fingerprint density at radius 1 is 1.75 bits per heavy atom. The molecule has 0 amide bonds. The second kappa shape index (κ2) is 1.32. The second-order valence-electron chi connectivity index (χ2n) is 2.42. The summed E-state index contributed by atoms with van der Waals surface area (Å²) in [5.74, 6) is 0.130. The lowest BCUT2D eigenvalue weighted by Gasteiger charge is -1.94. The van der Waals surface area contributed by atoms with Crippen molar-refractivity contribution in [2.45, 2.75) is 32.5 Å². The summed E-state index contributed by atoms with van der Waals surface area (Å²) in [6, 6.07) is 0. The Bertz CT molecular complexity index is 130. The summed E-state index contributed by atoms with van der Waals surface area (Å²) in [6.07, 6.45) is 0.139.